The molecule has 0 amide bonds. The van der Waals surface area contributed by atoms with Crippen LogP contribution in [-0.2, 0) is 14.2 Å². The summed E-state index contributed by atoms with van der Waals surface area (Å²) in [5.41, 5.74) is 0. The number of rotatable bonds is 10. The van der Waals surface area contributed by atoms with Gasteiger partial charge >= 0.3 is 0 Å². The summed E-state index contributed by atoms with van der Waals surface area (Å²) < 4.78 is 16.3. The van der Waals surface area contributed by atoms with Crippen LogP contribution in [0.1, 0.15) is 27.2 Å². The number of hydrogen-bond donors (Lipinski definition) is 1. The maximum absolute atomic E-state index is 5.61. The van der Waals surface area contributed by atoms with Gasteiger partial charge in [-0.1, -0.05) is 6.92 Å². The molecule has 0 rings (SSSR count). The monoisotopic (exact) mass is 233 g/mol. The first-order valence-electron chi connectivity index (χ1n) is 6.10. The first-order valence-corrected chi connectivity index (χ1v) is 6.10. The summed E-state index contributed by atoms with van der Waals surface area (Å²) in [6.07, 6.45) is 0.824. The maximum atomic E-state index is 5.61. The van der Waals surface area contributed by atoms with Gasteiger partial charge in [-0.25, -0.2) is 0 Å². The van der Waals surface area contributed by atoms with Crippen LogP contribution in [0.3, 0.4) is 0 Å². The molecule has 0 radical (unpaired) electrons. The highest BCUT2D eigenvalue weighted by Gasteiger charge is 2.26. The second-order valence-corrected chi connectivity index (χ2v) is 3.85. The summed E-state index contributed by atoms with van der Waals surface area (Å²) in [4.78, 5) is 0. The number of nitrogens with one attached hydrogen (secondary N) is 1. The molecule has 0 saturated heterocycles. The van der Waals surface area contributed by atoms with E-state index in [-0.39, 0.29) is 12.3 Å². The number of ether oxygens (including phenoxy) is 3. The minimum atomic E-state index is -0.174. The molecule has 0 heterocycles. The summed E-state index contributed by atoms with van der Waals surface area (Å²) >= 11 is 0. The molecule has 0 spiro atoms. The molecule has 4 heteroatoms. The van der Waals surface area contributed by atoms with Crippen LogP contribution in [0, 0.1) is 5.92 Å². The summed E-state index contributed by atoms with van der Waals surface area (Å²) in [6, 6.07) is 0.204. The van der Waals surface area contributed by atoms with E-state index in [4.69, 9.17) is 14.2 Å². The highest BCUT2D eigenvalue weighted by atomic mass is 16.7. The minimum Gasteiger partial charge on any atom is -0.385 e. The minimum absolute atomic E-state index is 0.174. The topological polar surface area (TPSA) is 39.7 Å². The van der Waals surface area contributed by atoms with Crippen LogP contribution < -0.4 is 5.32 Å². The standard InChI is InChI=1S/C12H27NO3/c1-6-15-12(16-7-2)11(13-4)10(3)8-9-14-5/h10-13H,6-9H2,1-5H3. The van der Waals surface area contributed by atoms with E-state index in [0.29, 0.717) is 19.1 Å². The molecule has 0 saturated carbocycles. The smallest absolute Gasteiger partial charge is 0.172 e. The van der Waals surface area contributed by atoms with Crippen LogP contribution in [0.15, 0.2) is 0 Å². The first kappa shape index (κ1) is 15.8. The van der Waals surface area contributed by atoms with E-state index in [0.717, 1.165) is 13.0 Å². The summed E-state index contributed by atoms with van der Waals surface area (Å²) in [6.45, 7) is 8.26. The number of likely N-dealkylation sites (N-methyl/N-ethyl adjacent to an activating group) is 1. The van der Waals surface area contributed by atoms with Gasteiger partial charge in [-0.15, -0.1) is 0 Å². The van der Waals surface area contributed by atoms with E-state index in [1.54, 1.807) is 7.11 Å². The Morgan fingerprint density at radius 3 is 2.06 bits per heavy atom. The largest absolute Gasteiger partial charge is 0.385 e. The molecule has 0 aliphatic heterocycles. The molecule has 2 unspecified atom stereocenters. The fourth-order valence-electron chi connectivity index (χ4n) is 1.76. The van der Waals surface area contributed by atoms with Gasteiger partial charge in [0, 0.05) is 26.9 Å². The third kappa shape index (κ3) is 5.80. The van der Waals surface area contributed by atoms with E-state index in [1.165, 1.54) is 0 Å². The Bertz CT molecular complexity index is 149. The highest BCUT2D eigenvalue weighted by Crippen LogP contribution is 2.15. The van der Waals surface area contributed by atoms with Crippen LogP contribution in [0.4, 0.5) is 0 Å². The Morgan fingerprint density at radius 1 is 1.12 bits per heavy atom. The fraction of sp³-hybridized carbons (Fsp3) is 1.00. The van der Waals surface area contributed by atoms with Crippen molar-refractivity contribution in [3.05, 3.63) is 0 Å². The Morgan fingerprint density at radius 2 is 1.69 bits per heavy atom. The molecule has 0 aliphatic carbocycles. The van der Waals surface area contributed by atoms with E-state index >= 15 is 0 Å². The van der Waals surface area contributed by atoms with Crippen molar-refractivity contribution >= 4 is 0 Å². The molecule has 98 valence electrons. The van der Waals surface area contributed by atoms with Gasteiger partial charge in [0.1, 0.15) is 0 Å². The molecule has 2 atom stereocenters. The first-order chi connectivity index (χ1) is 7.71. The predicted molar refractivity (Wildman–Crippen MR) is 65.5 cm³/mol. The molecular weight excluding hydrogens is 206 g/mol. The highest BCUT2D eigenvalue weighted by molar-refractivity contribution is 4.75. The van der Waals surface area contributed by atoms with Crippen LogP contribution in [0.2, 0.25) is 0 Å². The van der Waals surface area contributed by atoms with Gasteiger partial charge in [-0.05, 0) is 33.2 Å². The van der Waals surface area contributed by atoms with Gasteiger partial charge < -0.3 is 19.5 Å². The van der Waals surface area contributed by atoms with Crippen molar-refractivity contribution in [1.29, 1.82) is 0 Å². The van der Waals surface area contributed by atoms with Crippen molar-refractivity contribution in [3.63, 3.8) is 0 Å². The van der Waals surface area contributed by atoms with E-state index < -0.39 is 0 Å². The maximum Gasteiger partial charge on any atom is 0.172 e. The van der Waals surface area contributed by atoms with Gasteiger partial charge in [-0.3, -0.25) is 0 Å². The zero-order chi connectivity index (χ0) is 12.4. The Hall–Kier alpha value is -0.160. The van der Waals surface area contributed by atoms with Crippen molar-refractivity contribution in [2.75, 3.05) is 34.0 Å². The van der Waals surface area contributed by atoms with Gasteiger partial charge in [-0.2, -0.15) is 0 Å². The van der Waals surface area contributed by atoms with Crippen molar-refractivity contribution in [1.82, 2.24) is 5.32 Å². The zero-order valence-electron chi connectivity index (χ0n) is 11.3. The van der Waals surface area contributed by atoms with Crippen molar-refractivity contribution in [2.45, 2.75) is 39.5 Å². The van der Waals surface area contributed by atoms with Crippen LogP contribution >= 0.6 is 0 Å². The molecule has 0 aromatic rings. The van der Waals surface area contributed by atoms with Gasteiger partial charge in [0.05, 0.1) is 6.04 Å². The van der Waals surface area contributed by atoms with Crippen molar-refractivity contribution in [2.24, 2.45) is 5.92 Å². The van der Waals surface area contributed by atoms with Crippen LogP contribution in [0.5, 0.6) is 0 Å². The lowest BCUT2D eigenvalue weighted by Gasteiger charge is -2.31. The van der Waals surface area contributed by atoms with Gasteiger partial charge in [0.15, 0.2) is 6.29 Å². The van der Waals surface area contributed by atoms with Gasteiger partial charge in [0.2, 0.25) is 0 Å². The molecule has 0 aromatic heterocycles. The average Bonchev–Trinajstić information content (AvgIpc) is 2.28. The molecule has 0 bridgehead atoms. The van der Waals surface area contributed by atoms with Crippen LogP contribution in [0.25, 0.3) is 0 Å². The lowest BCUT2D eigenvalue weighted by atomic mass is 9.98. The zero-order valence-corrected chi connectivity index (χ0v) is 11.3. The second-order valence-electron chi connectivity index (χ2n) is 3.85. The normalized spacial score (nSPS) is 15.4. The second kappa shape index (κ2) is 10.0. The van der Waals surface area contributed by atoms with Crippen molar-refractivity contribution < 1.29 is 14.2 Å². The third-order valence-electron chi connectivity index (χ3n) is 2.68. The average molecular weight is 233 g/mol. The van der Waals surface area contributed by atoms with E-state index in [1.807, 2.05) is 20.9 Å². The lowest BCUT2D eigenvalue weighted by molar-refractivity contribution is -0.161. The molecule has 0 aromatic carbocycles. The summed E-state index contributed by atoms with van der Waals surface area (Å²) in [5, 5.41) is 3.27. The SMILES string of the molecule is CCOC(OCC)C(NC)C(C)CCOC. The lowest BCUT2D eigenvalue weighted by Crippen LogP contribution is -2.46. The molecular formula is C12H27NO3. The molecule has 1 N–H and O–H groups in total. The molecule has 0 aliphatic rings. The Balaban J connectivity index is 4.26. The molecule has 0 fully saturated rings. The third-order valence-corrected chi connectivity index (χ3v) is 2.68. The van der Waals surface area contributed by atoms with Gasteiger partial charge in [0.25, 0.3) is 0 Å². The summed E-state index contributed by atoms with van der Waals surface area (Å²) in [7, 11) is 3.67. The van der Waals surface area contributed by atoms with Crippen LogP contribution in [-0.4, -0.2) is 46.3 Å². The van der Waals surface area contributed by atoms with Crippen molar-refractivity contribution in [3.8, 4) is 0 Å². The molecule has 4 nitrogen and oxygen atoms in total. The summed E-state index contributed by atoms with van der Waals surface area (Å²) in [5.74, 6) is 0.452. The van der Waals surface area contributed by atoms with E-state index in [2.05, 4.69) is 12.2 Å². The predicted octanol–water partition coefficient (Wildman–Crippen LogP) is 1.65. The van der Waals surface area contributed by atoms with E-state index in [9.17, 15) is 0 Å². The number of hydrogen-bond acceptors (Lipinski definition) is 4. The quantitative estimate of drug-likeness (QED) is 0.582. The Kier molecular flexibility index (Phi) is 9.92. The molecule has 16 heavy (non-hydrogen) atoms. The fourth-order valence-corrected chi connectivity index (χ4v) is 1.76. The Labute approximate surface area is 99.6 Å². The number of methoxy groups -OCH3 is 1.